The van der Waals surface area contributed by atoms with Crippen LogP contribution in [0.2, 0.25) is 0 Å². The van der Waals surface area contributed by atoms with Gasteiger partial charge in [-0.15, -0.1) is 0 Å². The van der Waals surface area contributed by atoms with Crippen LogP contribution >= 0.6 is 0 Å². The second kappa shape index (κ2) is 5.78. The summed E-state index contributed by atoms with van der Waals surface area (Å²) in [5.74, 6) is 1.57. The molecule has 0 radical (unpaired) electrons. The summed E-state index contributed by atoms with van der Waals surface area (Å²) >= 11 is 0. The highest BCUT2D eigenvalue weighted by Gasteiger charge is 2.31. The van der Waals surface area contributed by atoms with Gasteiger partial charge in [0.2, 0.25) is 5.76 Å². The Hall–Kier alpha value is -2.63. The van der Waals surface area contributed by atoms with Crippen molar-refractivity contribution in [3.8, 4) is 0 Å². The molecule has 0 unspecified atom stereocenters. The Morgan fingerprint density at radius 1 is 1.21 bits per heavy atom. The molecule has 0 N–H and O–H groups in total. The summed E-state index contributed by atoms with van der Waals surface area (Å²) in [6, 6.07) is 7.73. The number of likely N-dealkylation sites (tertiary alicyclic amines) is 1. The Kier molecular flexibility index (Phi) is 3.59. The van der Waals surface area contributed by atoms with E-state index in [1.165, 1.54) is 0 Å². The van der Waals surface area contributed by atoms with Gasteiger partial charge in [0.15, 0.2) is 17.4 Å². The number of nitrogens with zero attached hydrogens (tertiary/aromatic N) is 3. The van der Waals surface area contributed by atoms with Gasteiger partial charge in [-0.2, -0.15) is 0 Å². The van der Waals surface area contributed by atoms with Crippen molar-refractivity contribution in [1.29, 1.82) is 0 Å². The molecule has 3 aromatic rings. The molecule has 0 bridgehead atoms. The van der Waals surface area contributed by atoms with Gasteiger partial charge in [-0.1, -0.05) is 12.1 Å². The van der Waals surface area contributed by atoms with Gasteiger partial charge in [-0.25, -0.2) is 9.97 Å². The van der Waals surface area contributed by atoms with Gasteiger partial charge in [-0.3, -0.25) is 4.79 Å². The summed E-state index contributed by atoms with van der Waals surface area (Å²) in [6.45, 7) is 4.85. The van der Waals surface area contributed by atoms with Crippen molar-refractivity contribution in [1.82, 2.24) is 14.9 Å². The fourth-order valence-electron chi connectivity index (χ4n) is 3.30. The molecule has 1 fully saturated rings. The SMILES string of the molecule is Cc1nc(C)c(C(=O)N2CCC[C@H](c3nc4ccccc4o3)C2)o1. The standard InChI is InChI=1S/C18H19N3O3/c1-11-16(23-12(2)19-11)18(22)21-9-5-6-13(10-21)17-20-14-7-3-4-8-15(14)24-17/h3-4,7-8,13H,5-6,9-10H2,1-2H3/t13-/m0/s1. The highest BCUT2D eigenvalue weighted by atomic mass is 16.4. The Labute approximate surface area is 139 Å². The molecule has 4 rings (SSSR count). The van der Waals surface area contributed by atoms with Crippen LogP contribution < -0.4 is 0 Å². The van der Waals surface area contributed by atoms with Crippen molar-refractivity contribution >= 4 is 17.0 Å². The van der Waals surface area contributed by atoms with Crippen molar-refractivity contribution in [3.05, 3.63) is 47.5 Å². The summed E-state index contributed by atoms with van der Waals surface area (Å²) in [5, 5.41) is 0. The monoisotopic (exact) mass is 325 g/mol. The molecule has 1 atom stereocenters. The van der Waals surface area contributed by atoms with Crippen molar-refractivity contribution in [3.63, 3.8) is 0 Å². The fourth-order valence-corrected chi connectivity index (χ4v) is 3.30. The van der Waals surface area contributed by atoms with E-state index in [0.29, 0.717) is 29.8 Å². The van der Waals surface area contributed by atoms with Crippen molar-refractivity contribution in [2.24, 2.45) is 0 Å². The Morgan fingerprint density at radius 3 is 2.79 bits per heavy atom. The number of para-hydroxylation sites is 2. The molecule has 1 aromatic carbocycles. The lowest BCUT2D eigenvalue weighted by Gasteiger charge is -2.30. The molecular weight excluding hydrogens is 306 g/mol. The molecule has 1 aliphatic rings. The van der Waals surface area contributed by atoms with E-state index in [2.05, 4.69) is 9.97 Å². The third-order valence-electron chi connectivity index (χ3n) is 4.47. The first-order valence-corrected chi connectivity index (χ1v) is 8.20. The second-order valence-electron chi connectivity index (χ2n) is 6.26. The van der Waals surface area contributed by atoms with Gasteiger partial charge in [0.05, 0.1) is 11.6 Å². The molecular formula is C18H19N3O3. The summed E-state index contributed by atoms with van der Waals surface area (Å²) in [7, 11) is 0. The molecule has 124 valence electrons. The van der Waals surface area contributed by atoms with Crippen LogP contribution in [0, 0.1) is 13.8 Å². The van der Waals surface area contributed by atoms with Gasteiger partial charge >= 0.3 is 0 Å². The number of carbonyl (C=O) groups excluding carboxylic acids is 1. The van der Waals surface area contributed by atoms with Crippen LogP contribution in [0.4, 0.5) is 0 Å². The van der Waals surface area contributed by atoms with Crippen molar-refractivity contribution in [2.45, 2.75) is 32.6 Å². The summed E-state index contributed by atoms with van der Waals surface area (Å²) in [5.41, 5.74) is 2.29. The lowest BCUT2D eigenvalue weighted by Crippen LogP contribution is -2.39. The first-order chi connectivity index (χ1) is 11.6. The third kappa shape index (κ3) is 2.58. The Morgan fingerprint density at radius 2 is 2.04 bits per heavy atom. The minimum absolute atomic E-state index is 0.103. The van der Waals surface area contributed by atoms with E-state index in [9.17, 15) is 4.79 Å². The number of fused-ring (bicyclic) bond motifs is 1. The lowest BCUT2D eigenvalue weighted by atomic mass is 9.97. The minimum Gasteiger partial charge on any atom is -0.440 e. The normalized spacial score (nSPS) is 18.2. The molecule has 6 nitrogen and oxygen atoms in total. The zero-order chi connectivity index (χ0) is 16.7. The number of hydrogen-bond acceptors (Lipinski definition) is 5. The van der Waals surface area contributed by atoms with Crippen LogP contribution in [0.5, 0.6) is 0 Å². The van der Waals surface area contributed by atoms with E-state index < -0.39 is 0 Å². The van der Waals surface area contributed by atoms with Crippen LogP contribution in [-0.4, -0.2) is 33.9 Å². The zero-order valence-electron chi connectivity index (χ0n) is 13.8. The van der Waals surface area contributed by atoms with Crippen molar-refractivity contribution < 1.29 is 13.6 Å². The number of rotatable bonds is 2. The molecule has 24 heavy (non-hydrogen) atoms. The first-order valence-electron chi connectivity index (χ1n) is 8.20. The number of aryl methyl sites for hydroxylation is 2. The molecule has 0 aliphatic carbocycles. The van der Waals surface area contributed by atoms with E-state index in [-0.39, 0.29) is 11.8 Å². The Bertz CT molecular complexity index is 863. The lowest BCUT2D eigenvalue weighted by molar-refractivity contribution is 0.0664. The predicted molar refractivity (Wildman–Crippen MR) is 87.9 cm³/mol. The molecule has 3 heterocycles. The maximum absolute atomic E-state index is 12.7. The highest BCUT2D eigenvalue weighted by molar-refractivity contribution is 5.92. The largest absolute Gasteiger partial charge is 0.440 e. The average Bonchev–Trinajstić information content (AvgIpc) is 3.17. The van der Waals surface area contributed by atoms with E-state index in [1.54, 1.807) is 13.8 Å². The number of amides is 1. The molecule has 6 heteroatoms. The molecule has 1 amide bonds. The van der Waals surface area contributed by atoms with Gasteiger partial charge in [0, 0.05) is 20.0 Å². The van der Waals surface area contributed by atoms with E-state index in [0.717, 1.165) is 30.5 Å². The summed E-state index contributed by atoms with van der Waals surface area (Å²) in [4.78, 5) is 23.3. The molecule has 0 saturated carbocycles. The topological polar surface area (TPSA) is 72.4 Å². The smallest absolute Gasteiger partial charge is 0.291 e. The summed E-state index contributed by atoms with van der Waals surface area (Å²) < 4.78 is 11.4. The number of hydrogen-bond donors (Lipinski definition) is 0. The average molecular weight is 325 g/mol. The molecule has 1 aliphatic heterocycles. The van der Waals surface area contributed by atoms with Gasteiger partial charge < -0.3 is 13.7 Å². The van der Waals surface area contributed by atoms with Gasteiger partial charge in [0.1, 0.15) is 5.52 Å². The number of benzene rings is 1. The minimum atomic E-state index is -0.103. The van der Waals surface area contributed by atoms with Crippen molar-refractivity contribution in [2.75, 3.05) is 13.1 Å². The fraction of sp³-hybridized carbons (Fsp3) is 0.389. The second-order valence-corrected chi connectivity index (χ2v) is 6.26. The highest BCUT2D eigenvalue weighted by Crippen LogP contribution is 2.30. The van der Waals surface area contributed by atoms with Crippen LogP contribution in [0.25, 0.3) is 11.1 Å². The van der Waals surface area contributed by atoms with E-state index >= 15 is 0 Å². The van der Waals surface area contributed by atoms with Crippen LogP contribution in [0.1, 0.15) is 46.8 Å². The number of aromatic nitrogens is 2. The van der Waals surface area contributed by atoms with Gasteiger partial charge in [-0.05, 0) is 31.9 Å². The predicted octanol–water partition coefficient (Wildman–Crippen LogP) is 3.45. The van der Waals surface area contributed by atoms with Crippen LogP contribution in [0.3, 0.4) is 0 Å². The van der Waals surface area contributed by atoms with E-state index in [1.807, 2.05) is 29.2 Å². The molecule has 1 saturated heterocycles. The number of carbonyl (C=O) groups is 1. The number of piperidine rings is 1. The maximum atomic E-state index is 12.7. The zero-order valence-corrected chi connectivity index (χ0v) is 13.8. The van der Waals surface area contributed by atoms with E-state index in [4.69, 9.17) is 8.83 Å². The number of oxazole rings is 2. The Balaban J connectivity index is 1.57. The van der Waals surface area contributed by atoms with Crippen LogP contribution in [0.15, 0.2) is 33.1 Å². The van der Waals surface area contributed by atoms with Crippen LogP contribution in [-0.2, 0) is 0 Å². The quantitative estimate of drug-likeness (QED) is 0.721. The first kappa shape index (κ1) is 14.9. The summed E-state index contributed by atoms with van der Waals surface area (Å²) in [6.07, 6.45) is 1.88. The van der Waals surface area contributed by atoms with Gasteiger partial charge in [0.25, 0.3) is 5.91 Å². The molecule has 0 spiro atoms. The third-order valence-corrected chi connectivity index (χ3v) is 4.47. The maximum Gasteiger partial charge on any atom is 0.291 e. The molecule has 2 aromatic heterocycles.